The molecule has 0 bridgehead atoms. The fourth-order valence-corrected chi connectivity index (χ4v) is 3.38. The van der Waals surface area contributed by atoms with Crippen molar-refractivity contribution in [1.82, 2.24) is 9.80 Å². The van der Waals surface area contributed by atoms with Crippen molar-refractivity contribution in [2.45, 2.75) is 20.0 Å². The van der Waals surface area contributed by atoms with E-state index in [0.717, 1.165) is 32.7 Å². The maximum absolute atomic E-state index is 4.32. The number of rotatable bonds is 1. The summed E-state index contributed by atoms with van der Waals surface area (Å²) in [4.78, 5) is 4.76. The van der Waals surface area contributed by atoms with E-state index in [2.05, 4.69) is 49.1 Å². The van der Waals surface area contributed by atoms with Crippen molar-refractivity contribution in [3.8, 4) is 0 Å². The molecule has 2 nitrogen and oxygen atoms in total. The second kappa shape index (κ2) is 4.62. The van der Waals surface area contributed by atoms with E-state index >= 15 is 0 Å². The highest BCUT2D eigenvalue weighted by molar-refractivity contribution is 5.84. The van der Waals surface area contributed by atoms with Crippen molar-refractivity contribution < 1.29 is 0 Å². The number of hydrogen-bond acceptors (Lipinski definition) is 2. The highest BCUT2D eigenvalue weighted by atomic mass is 15.1. The fraction of sp³-hybridized carbons (Fsp3) is 0.412. The van der Waals surface area contributed by atoms with Crippen LogP contribution in [-0.2, 0) is 13.1 Å². The van der Waals surface area contributed by atoms with E-state index in [1.54, 1.807) is 0 Å². The molecule has 0 unspecified atom stereocenters. The summed E-state index contributed by atoms with van der Waals surface area (Å²) in [5.41, 5.74) is 8.10. The topological polar surface area (TPSA) is 6.48 Å². The predicted octanol–water partition coefficient (Wildman–Crippen LogP) is 2.99. The fourth-order valence-electron chi connectivity index (χ4n) is 3.38. The molecule has 0 saturated carbocycles. The molecule has 100 valence electrons. The van der Waals surface area contributed by atoms with Gasteiger partial charge in [0.2, 0.25) is 0 Å². The minimum absolute atomic E-state index is 0.966. The molecular formula is C17H22N2. The molecule has 0 N–H and O–H groups in total. The zero-order chi connectivity index (χ0) is 13.6. The lowest BCUT2D eigenvalue weighted by Gasteiger charge is -2.35. The average Bonchev–Trinajstić information content (AvgIpc) is 2.37. The minimum atomic E-state index is 0.966. The van der Waals surface area contributed by atoms with Gasteiger partial charge in [-0.2, -0.15) is 0 Å². The molecule has 1 aromatic carbocycles. The van der Waals surface area contributed by atoms with Crippen molar-refractivity contribution in [3.05, 3.63) is 47.5 Å². The largest absolute Gasteiger partial charge is 0.298 e. The van der Waals surface area contributed by atoms with Gasteiger partial charge in [0.25, 0.3) is 0 Å². The zero-order valence-electron chi connectivity index (χ0n) is 12.0. The van der Waals surface area contributed by atoms with Crippen LogP contribution in [0.15, 0.2) is 25.3 Å². The van der Waals surface area contributed by atoms with Crippen molar-refractivity contribution in [2.24, 2.45) is 0 Å². The van der Waals surface area contributed by atoms with E-state index in [-0.39, 0.29) is 0 Å². The van der Waals surface area contributed by atoms with E-state index in [9.17, 15) is 0 Å². The second-order valence-electron chi connectivity index (χ2n) is 5.82. The van der Waals surface area contributed by atoms with E-state index in [0.29, 0.717) is 0 Å². The van der Waals surface area contributed by atoms with Crippen molar-refractivity contribution in [1.29, 1.82) is 0 Å². The zero-order valence-corrected chi connectivity index (χ0v) is 12.0. The molecule has 2 aliphatic rings. The van der Waals surface area contributed by atoms with Crippen LogP contribution in [0.4, 0.5) is 0 Å². The summed E-state index contributed by atoms with van der Waals surface area (Å²) >= 11 is 0. The van der Waals surface area contributed by atoms with Gasteiger partial charge in [0.15, 0.2) is 0 Å². The molecule has 0 aromatic heterocycles. The molecule has 0 radical (unpaired) electrons. The summed E-state index contributed by atoms with van der Waals surface area (Å²) in [5.74, 6) is 0. The van der Waals surface area contributed by atoms with Crippen LogP contribution >= 0.6 is 0 Å². The van der Waals surface area contributed by atoms with E-state index in [1.165, 1.54) is 33.4 Å². The molecular weight excluding hydrogens is 232 g/mol. The first-order valence-corrected chi connectivity index (χ1v) is 7.02. The van der Waals surface area contributed by atoms with Gasteiger partial charge in [-0.3, -0.25) is 9.80 Å². The van der Waals surface area contributed by atoms with Gasteiger partial charge in [0.05, 0.1) is 0 Å². The number of hydrogen-bond donors (Lipinski definition) is 0. The predicted molar refractivity (Wildman–Crippen MR) is 81.8 cm³/mol. The van der Waals surface area contributed by atoms with Gasteiger partial charge in [0, 0.05) is 26.2 Å². The molecule has 0 aliphatic carbocycles. The first-order chi connectivity index (χ1) is 9.10. The van der Waals surface area contributed by atoms with Gasteiger partial charge in [-0.1, -0.05) is 32.2 Å². The number of fused-ring (bicyclic) bond motifs is 3. The Bertz CT molecular complexity index is 557. The van der Waals surface area contributed by atoms with E-state index in [1.807, 2.05) is 0 Å². The SMILES string of the molecule is C=C1CN(C)Cc2ccc3c(c21)C(=C)CN(CC)C3. The van der Waals surface area contributed by atoms with Crippen LogP contribution < -0.4 is 0 Å². The molecule has 3 rings (SSSR count). The smallest absolute Gasteiger partial charge is 0.0243 e. The third-order valence-electron chi connectivity index (χ3n) is 4.24. The number of benzene rings is 1. The van der Waals surface area contributed by atoms with Crippen LogP contribution in [0.3, 0.4) is 0 Å². The van der Waals surface area contributed by atoms with Crippen LogP contribution in [0, 0.1) is 0 Å². The molecule has 2 aliphatic heterocycles. The Hall–Kier alpha value is -1.38. The molecule has 2 heterocycles. The number of likely N-dealkylation sites (N-methyl/N-ethyl adjacent to an activating group) is 2. The second-order valence-corrected chi connectivity index (χ2v) is 5.82. The maximum atomic E-state index is 4.32. The van der Waals surface area contributed by atoms with Gasteiger partial charge in [-0.25, -0.2) is 0 Å². The maximum Gasteiger partial charge on any atom is 0.0243 e. The monoisotopic (exact) mass is 254 g/mol. The Kier molecular flexibility index (Phi) is 3.08. The summed E-state index contributed by atoms with van der Waals surface area (Å²) in [7, 11) is 2.15. The molecule has 0 amide bonds. The van der Waals surface area contributed by atoms with E-state index < -0.39 is 0 Å². The Morgan fingerprint density at radius 3 is 2.16 bits per heavy atom. The van der Waals surface area contributed by atoms with Crippen LogP contribution in [-0.4, -0.2) is 36.5 Å². The summed E-state index contributed by atoms with van der Waals surface area (Å²) in [5, 5.41) is 0. The third-order valence-corrected chi connectivity index (χ3v) is 4.24. The molecule has 19 heavy (non-hydrogen) atoms. The average molecular weight is 254 g/mol. The van der Waals surface area contributed by atoms with Gasteiger partial charge in [-0.05, 0) is 47.0 Å². The molecule has 0 spiro atoms. The Morgan fingerprint density at radius 1 is 0.947 bits per heavy atom. The Morgan fingerprint density at radius 2 is 1.53 bits per heavy atom. The van der Waals surface area contributed by atoms with Crippen LogP contribution in [0.25, 0.3) is 11.1 Å². The van der Waals surface area contributed by atoms with Gasteiger partial charge in [-0.15, -0.1) is 0 Å². The Balaban J connectivity index is 2.13. The minimum Gasteiger partial charge on any atom is -0.298 e. The van der Waals surface area contributed by atoms with Crippen LogP contribution in [0.5, 0.6) is 0 Å². The highest BCUT2D eigenvalue weighted by Gasteiger charge is 2.26. The van der Waals surface area contributed by atoms with Gasteiger partial charge < -0.3 is 0 Å². The highest BCUT2D eigenvalue weighted by Crippen LogP contribution is 2.37. The third kappa shape index (κ3) is 2.05. The summed E-state index contributed by atoms with van der Waals surface area (Å²) in [6.45, 7) is 15.9. The Labute approximate surface area is 116 Å². The number of nitrogens with zero attached hydrogens (tertiary/aromatic N) is 2. The molecule has 0 fully saturated rings. The first-order valence-electron chi connectivity index (χ1n) is 7.02. The van der Waals surface area contributed by atoms with E-state index in [4.69, 9.17) is 0 Å². The lowest BCUT2D eigenvalue weighted by Crippen LogP contribution is -2.32. The normalized spacial score (nSPS) is 20.3. The molecule has 2 heteroatoms. The van der Waals surface area contributed by atoms with Gasteiger partial charge >= 0.3 is 0 Å². The van der Waals surface area contributed by atoms with Gasteiger partial charge in [0.1, 0.15) is 0 Å². The van der Waals surface area contributed by atoms with Crippen molar-refractivity contribution in [2.75, 3.05) is 26.7 Å². The quantitative estimate of drug-likeness (QED) is 0.760. The molecule has 0 atom stereocenters. The van der Waals surface area contributed by atoms with Crippen molar-refractivity contribution >= 4 is 11.1 Å². The van der Waals surface area contributed by atoms with Crippen LogP contribution in [0.2, 0.25) is 0 Å². The summed E-state index contributed by atoms with van der Waals surface area (Å²) in [6, 6.07) is 4.56. The standard InChI is InChI=1S/C17H22N2/c1-5-19-9-13(3)17-15(11-19)7-6-14-10-18(4)8-12(2)16(14)17/h6-7H,2-3,5,8-11H2,1,4H3. The lowest BCUT2D eigenvalue weighted by atomic mass is 9.83. The summed E-state index contributed by atoms with van der Waals surface area (Å²) in [6.07, 6.45) is 0. The summed E-state index contributed by atoms with van der Waals surface area (Å²) < 4.78 is 0. The molecule has 1 aromatic rings. The lowest BCUT2D eigenvalue weighted by molar-refractivity contribution is 0.307. The van der Waals surface area contributed by atoms with Crippen molar-refractivity contribution in [3.63, 3.8) is 0 Å². The van der Waals surface area contributed by atoms with Crippen LogP contribution in [0.1, 0.15) is 29.2 Å². The first kappa shape index (κ1) is 12.6. The molecule has 0 saturated heterocycles.